The maximum absolute atomic E-state index is 11.6. The molecule has 7 nitrogen and oxygen atoms in total. The second-order valence-electron chi connectivity index (χ2n) is 4.31. The van der Waals surface area contributed by atoms with Gasteiger partial charge in [-0.3, -0.25) is 9.59 Å². The summed E-state index contributed by atoms with van der Waals surface area (Å²) in [5.74, 6) is -1.71. The molecule has 0 aromatic heterocycles. The first-order valence-electron chi connectivity index (χ1n) is 6.43. The summed E-state index contributed by atoms with van der Waals surface area (Å²) in [6.45, 7) is 2.63. The van der Waals surface area contributed by atoms with Crippen LogP contribution in [0.15, 0.2) is 18.2 Å². The Hall–Kier alpha value is -2.41. The summed E-state index contributed by atoms with van der Waals surface area (Å²) >= 11 is 0. The normalized spacial score (nSPS) is 10.0. The van der Waals surface area contributed by atoms with Gasteiger partial charge < -0.3 is 20.5 Å². The molecule has 21 heavy (non-hydrogen) atoms. The van der Waals surface area contributed by atoms with Crippen LogP contribution in [0.1, 0.15) is 18.9 Å². The number of amides is 2. The third-order valence-corrected chi connectivity index (χ3v) is 2.66. The number of aliphatic carboxylic acids is 1. The molecule has 1 rings (SSSR count). The number of benzene rings is 1. The minimum Gasteiger partial charge on any atom is -0.480 e. The number of nitrogens with one attached hydrogen (secondary N) is 2. The van der Waals surface area contributed by atoms with Gasteiger partial charge in [-0.2, -0.15) is 0 Å². The quantitative estimate of drug-likeness (QED) is 0.704. The number of hydrogen-bond donors (Lipinski definition) is 3. The Morgan fingerprint density at radius 3 is 2.19 bits per heavy atom. The van der Waals surface area contributed by atoms with E-state index in [2.05, 4.69) is 10.6 Å². The number of carbonyl (C=O) groups excluding carboxylic acids is 2. The molecule has 0 aliphatic heterocycles. The second-order valence-corrected chi connectivity index (χ2v) is 4.31. The molecule has 0 bridgehead atoms. The Morgan fingerprint density at radius 1 is 1.10 bits per heavy atom. The first-order valence-corrected chi connectivity index (χ1v) is 6.43. The molecule has 0 atom stereocenters. The summed E-state index contributed by atoms with van der Waals surface area (Å²) < 4.78 is 4.70. The third kappa shape index (κ3) is 5.62. The molecule has 0 spiro atoms. The summed E-state index contributed by atoms with van der Waals surface area (Å²) in [7, 11) is 0. The van der Waals surface area contributed by atoms with Gasteiger partial charge in [0.25, 0.3) is 0 Å². The highest BCUT2D eigenvalue weighted by molar-refractivity contribution is 5.96. The number of carbonyl (C=O) groups is 3. The zero-order chi connectivity index (χ0) is 15.8. The van der Waals surface area contributed by atoms with Crippen LogP contribution < -0.4 is 10.6 Å². The Bertz CT molecular complexity index is 542. The van der Waals surface area contributed by atoms with E-state index in [1.54, 1.807) is 32.0 Å². The van der Waals surface area contributed by atoms with E-state index in [1.807, 2.05) is 0 Å². The van der Waals surface area contributed by atoms with Crippen molar-refractivity contribution in [3.63, 3.8) is 0 Å². The van der Waals surface area contributed by atoms with E-state index in [1.165, 1.54) is 0 Å². The third-order valence-electron chi connectivity index (χ3n) is 2.66. The van der Waals surface area contributed by atoms with Gasteiger partial charge in [-0.15, -0.1) is 0 Å². The molecule has 2 amide bonds. The molecule has 0 aliphatic carbocycles. The number of rotatable bonds is 7. The molecule has 0 fully saturated rings. The fourth-order valence-corrected chi connectivity index (χ4v) is 1.56. The molecule has 0 unspecified atom stereocenters. The van der Waals surface area contributed by atoms with Gasteiger partial charge in [0.05, 0.1) is 0 Å². The maximum atomic E-state index is 11.6. The monoisotopic (exact) mass is 294 g/mol. The van der Waals surface area contributed by atoms with Crippen molar-refractivity contribution in [1.82, 2.24) is 0 Å². The lowest BCUT2D eigenvalue weighted by molar-refractivity contribution is -0.143. The van der Waals surface area contributed by atoms with Crippen LogP contribution >= 0.6 is 0 Å². The second kappa shape index (κ2) is 8.01. The number of carboxylic acids is 1. The van der Waals surface area contributed by atoms with Gasteiger partial charge in [-0.05, 0) is 24.6 Å². The van der Waals surface area contributed by atoms with Gasteiger partial charge in [0.2, 0.25) is 11.8 Å². The highest BCUT2D eigenvalue weighted by Gasteiger charge is 2.10. The Morgan fingerprint density at radius 2 is 1.67 bits per heavy atom. The molecule has 1 aromatic carbocycles. The van der Waals surface area contributed by atoms with Crippen molar-refractivity contribution in [3.8, 4) is 0 Å². The highest BCUT2D eigenvalue weighted by Crippen LogP contribution is 2.23. The maximum Gasteiger partial charge on any atom is 0.329 e. The van der Waals surface area contributed by atoms with Crippen LogP contribution in [0.4, 0.5) is 11.4 Å². The van der Waals surface area contributed by atoms with Crippen LogP contribution in [0, 0.1) is 6.92 Å². The van der Waals surface area contributed by atoms with E-state index in [9.17, 15) is 14.4 Å². The molecular weight excluding hydrogens is 276 g/mol. The molecule has 3 N–H and O–H groups in total. The first-order chi connectivity index (χ1) is 9.93. The van der Waals surface area contributed by atoms with Crippen LogP contribution in [0.5, 0.6) is 0 Å². The number of ether oxygens (including phenoxy) is 1. The standard InChI is InChI=1S/C14H18N2O5/c1-3-12(17)15-10-5-4-6-11(9(10)2)16-13(18)7-21-8-14(19)20/h4-6H,3,7-8H2,1-2H3,(H,15,17)(H,16,18)(H,19,20). The predicted octanol–water partition coefficient (Wildman–Crippen LogP) is 1.38. The van der Waals surface area contributed by atoms with E-state index >= 15 is 0 Å². The van der Waals surface area contributed by atoms with Crippen molar-refractivity contribution in [2.75, 3.05) is 23.8 Å². The number of hydrogen-bond acceptors (Lipinski definition) is 4. The summed E-state index contributed by atoms with van der Waals surface area (Å²) in [5.41, 5.74) is 1.87. The highest BCUT2D eigenvalue weighted by atomic mass is 16.5. The van der Waals surface area contributed by atoms with Gasteiger partial charge in [-0.25, -0.2) is 4.79 Å². The lowest BCUT2D eigenvalue weighted by atomic mass is 10.1. The lowest BCUT2D eigenvalue weighted by Gasteiger charge is -2.13. The number of anilines is 2. The van der Waals surface area contributed by atoms with Gasteiger partial charge in [0.15, 0.2) is 0 Å². The van der Waals surface area contributed by atoms with Crippen molar-refractivity contribution in [3.05, 3.63) is 23.8 Å². The minimum absolute atomic E-state index is 0.119. The summed E-state index contributed by atoms with van der Waals surface area (Å²) in [6.07, 6.45) is 0.360. The van der Waals surface area contributed by atoms with Gasteiger partial charge in [-0.1, -0.05) is 13.0 Å². The molecule has 0 saturated heterocycles. The average molecular weight is 294 g/mol. The topological polar surface area (TPSA) is 105 Å². The Labute approximate surface area is 122 Å². The van der Waals surface area contributed by atoms with E-state index in [4.69, 9.17) is 9.84 Å². The van der Waals surface area contributed by atoms with E-state index in [0.717, 1.165) is 0 Å². The molecular formula is C14H18N2O5. The van der Waals surface area contributed by atoms with Crippen molar-refractivity contribution in [1.29, 1.82) is 0 Å². The van der Waals surface area contributed by atoms with Crippen LogP contribution in [-0.4, -0.2) is 36.1 Å². The molecule has 0 radical (unpaired) electrons. The van der Waals surface area contributed by atoms with Crippen LogP contribution in [-0.2, 0) is 19.1 Å². The molecule has 7 heteroatoms. The van der Waals surface area contributed by atoms with Crippen LogP contribution in [0.2, 0.25) is 0 Å². The zero-order valence-corrected chi connectivity index (χ0v) is 11.9. The average Bonchev–Trinajstić information content (AvgIpc) is 2.42. The first kappa shape index (κ1) is 16.6. The van der Waals surface area contributed by atoms with Crippen molar-refractivity contribution < 1.29 is 24.2 Å². The SMILES string of the molecule is CCC(=O)Nc1cccc(NC(=O)COCC(=O)O)c1C. The fraction of sp³-hybridized carbons (Fsp3) is 0.357. The van der Waals surface area contributed by atoms with E-state index < -0.39 is 18.5 Å². The lowest BCUT2D eigenvalue weighted by Crippen LogP contribution is -2.21. The largest absolute Gasteiger partial charge is 0.480 e. The van der Waals surface area contributed by atoms with Crippen molar-refractivity contribution >= 4 is 29.2 Å². The van der Waals surface area contributed by atoms with Crippen molar-refractivity contribution in [2.24, 2.45) is 0 Å². The summed E-state index contributed by atoms with van der Waals surface area (Å²) in [6, 6.07) is 5.12. The zero-order valence-electron chi connectivity index (χ0n) is 11.9. The smallest absolute Gasteiger partial charge is 0.329 e. The van der Waals surface area contributed by atoms with E-state index in [0.29, 0.717) is 23.4 Å². The Kier molecular flexibility index (Phi) is 6.35. The van der Waals surface area contributed by atoms with Gasteiger partial charge >= 0.3 is 5.97 Å². The predicted molar refractivity (Wildman–Crippen MR) is 77.2 cm³/mol. The molecule has 1 aromatic rings. The molecule has 114 valence electrons. The number of carboxylic acid groups (broad SMARTS) is 1. The molecule has 0 saturated carbocycles. The minimum atomic E-state index is -1.14. The molecule has 0 aliphatic rings. The summed E-state index contributed by atoms with van der Waals surface area (Å²) in [4.78, 5) is 33.3. The van der Waals surface area contributed by atoms with E-state index in [-0.39, 0.29) is 12.5 Å². The Balaban J connectivity index is 2.66. The summed E-state index contributed by atoms with van der Waals surface area (Å²) in [5, 5.41) is 13.7. The van der Waals surface area contributed by atoms with Crippen molar-refractivity contribution in [2.45, 2.75) is 20.3 Å². The van der Waals surface area contributed by atoms with Gasteiger partial charge in [0, 0.05) is 17.8 Å². The van der Waals surface area contributed by atoms with Gasteiger partial charge in [0.1, 0.15) is 13.2 Å². The van der Waals surface area contributed by atoms with Crippen LogP contribution in [0.25, 0.3) is 0 Å². The fourth-order valence-electron chi connectivity index (χ4n) is 1.56. The molecule has 0 heterocycles. The van der Waals surface area contributed by atoms with Crippen LogP contribution in [0.3, 0.4) is 0 Å².